The van der Waals surface area contributed by atoms with Gasteiger partial charge in [0, 0.05) is 18.8 Å². The third kappa shape index (κ3) is 3.92. The molecule has 1 amide bonds. The molecule has 0 saturated carbocycles. The number of rotatable bonds is 4. The third-order valence-electron chi connectivity index (χ3n) is 2.63. The van der Waals surface area contributed by atoms with Gasteiger partial charge in [-0.15, -0.1) is 0 Å². The van der Waals surface area contributed by atoms with E-state index in [-0.39, 0.29) is 0 Å². The van der Waals surface area contributed by atoms with Crippen LogP contribution in [0.4, 0.5) is 5.69 Å². The van der Waals surface area contributed by atoms with E-state index in [1.807, 2.05) is 58.3 Å². The topological polar surface area (TPSA) is 47.4 Å². The van der Waals surface area contributed by atoms with Gasteiger partial charge in [-0.25, -0.2) is 0 Å². The molecule has 0 fully saturated rings. The average Bonchev–Trinajstić information content (AvgIpc) is 2.74. The van der Waals surface area contributed by atoms with E-state index >= 15 is 0 Å². The molecule has 0 aliphatic heterocycles. The van der Waals surface area contributed by atoms with Crippen molar-refractivity contribution in [3.05, 3.63) is 34.9 Å². The minimum Gasteiger partial charge on any atom is -0.276 e. The third-order valence-corrected chi connectivity index (χ3v) is 3.21. The number of carbonyl (C=O) groups excluding carboxylic acids is 1. The second-order valence-corrected chi connectivity index (χ2v) is 6.54. The molecular weight excluding hydrogens is 334 g/mol. The van der Waals surface area contributed by atoms with E-state index in [0.29, 0.717) is 12.1 Å². The number of aromatic nitrogens is 2. The minimum absolute atomic E-state index is 0.456. The first-order chi connectivity index (χ1) is 9.80. The molecule has 0 atom stereocenters. The first-order valence-corrected chi connectivity index (χ1v) is 7.33. The Morgan fingerprint density at radius 3 is 2.62 bits per heavy atom. The van der Waals surface area contributed by atoms with Gasteiger partial charge < -0.3 is 0 Å². The first kappa shape index (κ1) is 15.7. The highest BCUT2D eigenvalue weighted by atomic mass is 79.9. The molecule has 6 heteroatoms. The van der Waals surface area contributed by atoms with Gasteiger partial charge >= 0.3 is 0 Å². The first-order valence-electron chi connectivity index (χ1n) is 6.53. The Morgan fingerprint density at radius 2 is 2.10 bits per heavy atom. The Hall–Kier alpha value is -1.66. The zero-order valence-electron chi connectivity index (χ0n) is 12.5. The van der Waals surface area contributed by atoms with E-state index in [1.54, 1.807) is 4.68 Å². The van der Waals surface area contributed by atoms with Crippen molar-refractivity contribution in [2.75, 3.05) is 5.06 Å². The van der Waals surface area contributed by atoms with Gasteiger partial charge in [-0.2, -0.15) is 10.2 Å². The van der Waals surface area contributed by atoms with Crippen molar-refractivity contribution < 1.29 is 9.63 Å². The van der Waals surface area contributed by atoms with E-state index in [9.17, 15) is 4.79 Å². The van der Waals surface area contributed by atoms with Crippen LogP contribution in [0.2, 0.25) is 0 Å². The Balaban J connectivity index is 2.37. The Labute approximate surface area is 132 Å². The Kier molecular flexibility index (Phi) is 4.49. The van der Waals surface area contributed by atoms with Crippen LogP contribution in [0.5, 0.6) is 0 Å². The zero-order chi connectivity index (χ0) is 15.6. The number of nitrogens with zero attached hydrogens (tertiary/aromatic N) is 3. The number of halogens is 1. The second-order valence-electron chi connectivity index (χ2n) is 5.68. The van der Waals surface area contributed by atoms with Crippen molar-refractivity contribution >= 4 is 28.0 Å². The molecule has 2 aromatic rings. The molecule has 0 unspecified atom stereocenters. The predicted octanol–water partition coefficient (Wildman–Crippen LogP) is 3.54. The fraction of sp³-hybridized carbons (Fsp3) is 0.333. The van der Waals surface area contributed by atoms with E-state index in [1.165, 1.54) is 5.06 Å². The van der Waals surface area contributed by atoms with E-state index in [2.05, 4.69) is 21.0 Å². The fourth-order valence-corrected chi connectivity index (χ4v) is 2.48. The zero-order valence-corrected chi connectivity index (χ0v) is 14.1. The van der Waals surface area contributed by atoms with E-state index in [0.717, 1.165) is 15.7 Å². The number of aryl methyl sites for hydroxylation is 1. The number of amides is 1. The quantitative estimate of drug-likeness (QED) is 0.625. The van der Waals surface area contributed by atoms with Gasteiger partial charge in [0.15, 0.2) is 0 Å². The summed E-state index contributed by atoms with van der Waals surface area (Å²) >= 11 is 3.48. The van der Waals surface area contributed by atoms with Crippen molar-refractivity contribution in [3.63, 3.8) is 0 Å². The number of hydroxylamine groups is 1. The largest absolute Gasteiger partial charge is 0.276 e. The van der Waals surface area contributed by atoms with Gasteiger partial charge in [-0.05, 0) is 48.8 Å². The molecule has 2 rings (SSSR count). The van der Waals surface area contributed by atoms with Crippen LogP contribution in [-0.2, 0) is 16.7 Å². The summed E-state index contributed by atoms with van der Waals surface area (Å²) in [7, 11) is 1.86. The molecule has 0 aliphatic carbocycles. The van der Waals surface area contributed by atoms with Crippen LogP contribution in [0.15, 0.2) is 34.9 Å². The SMILES string of the molecule is Cn1cc(Br)c(-c2cccc(N(C=O)OC(C)(C)C)c2)n1. The number of hydrogen-bond acceptors (Lipinski definition) is 3. The van der Waals surface area contributed by atoms with Crippen LogP contribution in [0, 0.1) is 0 Å². The van der Waals surface area contributed by atoms with Crippen LogP contribution < -0.4 is 5.06 Å². The molecule has 0 saturated heterocycles. The maximum Gasteiger partial charge on any atom is 0.238 e. The lowest BCUT2D eigenvalue weighted by Gasteiger charge is -2.26. The molecule has 1 heterocycles. The molecular formula is C15H18BrN3O2. The molecule has 0 spiro atoms. The van der Waals surface area contributed by atoms with Crippen LogP contribution >= 0.6 is 15.9 Å². The van der Waals surface area contributed by atoms with Gasteiger partial charge in [0.1, 0.15) is 5.69 Å². The van der Waals surface area contributed by atoms with Crippen LogP contribution in [0.25, 0.3) is 11.3 Å². The highest BCUT2D eigenvalue weighted by Gasteiger charge is 2.18. The molecule has 21 heavy (non-hydrogen) atoms. The molecule has 0 radical (unpaired) electrons. The van der Waals surface area contributed by atoms with Crippen LogP contribution in [-0.4, -0.2) is 21.8 Å². The average molecular weight is 352 g/mol. The van der Waals surface area contributed by atoms with Crippen molar-refractivity contribution in [2.45, 2.75) is 26.4 Å². The highest BCUT2D eigenvalue weighted by molar-refractivity contribution is 9.10. The molecule has 0 bridgehead atoms. The summed E-state index contributed by atoms with van der Waals surface area (Å²) in [5.41, 5.74) is 1.93. The lowest BCUT2D eigenvalue weighted by atomic mass is 10.1. The Bertz CT molecular complexity index is 647. The summed E-state index contributed by atoms with van der Waals surface area (Å²) in [5, 5.41) is 5.64. The summed E-state index contributed by atoms with van der Waals surface area (Å²) in [5.74, 6) is 0. The lowest BCUT2D eigenvalue weighted by Crippen LogP contribution is -2.32. The van der Waals surface area contributed by atoms with Gasteiger partial charge in [0.2, 0.25) is 6.41 Å². The number of carbonyl (C=O) groups is 1. The normalized spacial score (nSPS) is 11.5. The van der Waals surface area contributed by atoms with Crippen molar-refractivity contribution in [1.82, 2.24) is 9.78 Å². The molecule has 0 N–H and O–H groups in total. The maximum absolute atomic E-state index is 11.3. The smallest absolute Gasteiger partial charge is 0.238 e. The highest BCUT2D eigenvalue weighted by Crippen LogP contribution is 2.29. The molecule has 112 valence electrons. The molecule has 1 aromatic carbocycles. The standard InChI is InChI=1S/C15H18BrN3O2/c1-15(2,3)21-19(10-20)12-7-5-6-11(8-12)14-13(16)9-18(4)17-14/h5-10H,1-4H3. The second kappa shape index (κ2) is 5.99. The molecule has 1 aromatic heterocycles. The molecule has 5 nitrogen and oxygen atoms in total. The molecule has 0 aliphatic rings. The number of anilines is 1. The van der Waals surface area contributed by atoms with Gasteiger partial charge in [0.25, 0.3) is 0 Å². The maximum atomic E-state index is 11.3. The van der Waals surface area contributed by atoms with Crippen molar-refractivity contribution in [3.8, 4) is 11.3 Å². The Morgan fingerprint density at radius 1 is 1.38 bits per heavy atom. The van der Waals surface area contributed by atoms with E-state index in [4.69, 9.17) is 4.84 Å². The van der Waals surface area contributed by atoms with Gasteiger partial charge in [0.05, 0.1) is 15.8 Å². The summed E-state index contributed by atoms with van der Waals surface area (Å²) < 4.78 is 2.63. The number of hydrogen-bond donors (Lipinski definition) is 0. The van der Waals surface area contributed by atoms with Crippen LogP contribution in [0.1, 0.15) is 20.8 Å². The van der Waals surface area contributed by atoms with Gasteiger partial charge in [-0.1, -0.05) is 12.1 Å². The lowest BCUT2D eigenvalue weighted by molar-refractivity contribution is -0.120. The summed E-state index contributed by atoms with van der Waals surface area (Å²) in [6, 6.07) is 7.50. The van der Waals surface area contributed by atoms with Crippen molar-refractivity contribution in [2.24, 2.45) is 7.05 Å². The number of benzene rings is 1. The monoisotopic (exact) mass is 351 g/mol. The fourth-order valence-electron chi connectivity index (χ4n) is 1.88. The predicted molar refractivity (Wildman–Crippen MR) is 85.7 cm³/mol. The summed E-state index contributed by atoms with van der Waals surface area (Å²) in [6.07, 6.45) is 2.54. The summed E-state index contributed by atoms with van der Waals surface area (Å²) in [6.45, 7) is 5.67. The van der Waals surface area contributed by atoms with Crippen molar-refractivity contribution in [1.29, 1.82) is 0 Å². The van der Waals surface area contributed by atoms with Crippen LogP contribution in [0.3, 0.4) is 0 Å². The van der Waals surface area contributed by atoms with E-state index < -0.39 is 5.60 Å². The van der Waals surface area contributed by atoms with Gasteiger partial charge in [-0.3, -0.25) is 14.3 Å². The minimum atomic E-state index is -0.456. The summed E-state index contributed by atoms with van der Waals surface area (Å²) in [4.78, 5) is 16.9.